The monoisotopic (exact) mass is 175 g/mol. The van der Waals surface area contributed by atoms with Crippen LogP contribution in [-0.4, -0.2) is 38.0 Å². The summed E-state index contributed by atoms with van der Waals surface area (Å²) in [7, 11) is 0. The number of aliphatic hydroxyl groups is 1. The Morgan fingerprint density at radius 3 is 2.42 bits per heavy atom. The largest absolute Gasteiger partial charge is 0.394 e. The molecule has 12 heavy (non-hydrogen) atoms. The van der Waals surface area contributed by atoms with Gasteiger partial charge < -0.3 is 15.2 Å². The summed E-state index contributed by atoms with van der Waals surface area (Å²) in [5, 5.41) is 11.7. The molecule has 0 aliphatic rings. The molecule has 0 aliphatic heterocycles. The van der Waals surface area contributed by atoms with Crippen molar-refractivity contribution in [1.29, 1.82) is 0 Å². The first kappa shape index (κ1) is 11.9. The molecule has 0 spiro atoms. The average Bonchev–Trinajstić information content (AvgIpc) is 1.94. The first-order valence-electron chi connectivity index (χ1n) is 4.45. The van der Waals surface area contributed by atoms with Crippen molar-refractivity contribution < 1.29 is 9.84 Å². The maximum Gasteiger partial charge on any atom is 0.0698 e. The number of rotatable bonds is 6. The molecule has 0 amide bonds. The Balaban J connectivity index is 3.01. The highest BCUT2D eigenvalue weighted by molar-refractivity contribution is 4.64. The SMILES string of the molecule is CC(C)(C)CNCCOCCO. The molecule has 0 unspecified atom stereocenters. The van der Waals surface area contributed by atoms with Gasteiger partial charge in [0, 0.05) is 13.1 Å². The van der Waals surface area contributed by atoms with Gasteiger partial charge in [-0.05, 0) is 5.41 Å². The summed E-state index contributed by atoms with van der Waals surface area (Å²) >= 11 is 0. The fourth-order valence-electron chi connectivity index (χ4n) is 0.774. The lowest BCUT2D eigenvalue weighted by molar-refractivity contribution is 0.0929. The topological polar surface area (TPSA) is 41.5 Å². The second kappa shape index (κ2) is 6.40. The van der Waals surface area contributed by atoms with Crippen LogP contribution in [0.4, 0.5) is 0 Å². The van der Waals surface area contributed by atoms with Crippen LogP contribution in [0, 0.1) is 5.41 Å². The molecule has 2 N–H and O–H groups in total. The number of aliphatic hydroxyl groups excluding tert-OH is 1. The average molecular weight is 175 g/mol. The third-order valence-corrected chi connectivity index (χ3v) is 1.31. The number of hydrogen-bond acceptors (Lipinski definition) is 3. The van der Waals surface area contributed by atoms with Gasteiger partial charge in [0.15, 0.2) is 0 Å². The third kappa shape index (κ3) is 9.88. The highest BCUT2D eigenvalue weighted by Crippen LogP contribution is 2.09. The quantitative estimate of drug-likeness (QED) is 0.582. The standard InChI is InChI=1S/C9H21NO2/c1-9(2,3)8-10-4-6-12-7-5-11/h10-11H,4-8H2,1-3H3. The Morgan fingerprint density at radius 2 is 1.92 bits per heavy atom. The molecule has 0 aliphatic carbocycles. The molecule has 0 aromatic rings. The van der Waals surface area contributed by atoms with Gasteiger partial charge in [-0.3, -0.25) is 0 Å². The molecule has 0 heterocycles. The molecule has 3 nitrogen and oxygen atoms in total. The van der Waals surface area contributed by atoms with Gasteiger partial charge in [-0.25, -0.2) is 0 Å². The van der Waals surface area contributed by atoms with Gasteiger partial charge in [0.25, 0.3) is 0 Å². The predicted octanol–water partition coefficient (Wildman–Crippen LogP) is 0.631. The molecule has 74 valence electrons. The Labute approximate surface area is 75.1 Å². The molecule has 0 bridgehead atoms. The van der Waals surface area contributed by atoms with Crippen LogP contribution >= 0.6 is 0 Å². The van der Waals surface area contributed by atoms with Crippen molar-refractivity contribution in [2.75, 3.05) is 32.9 Å². The number of ether oxygens (including phenoxy) is 1. The van der Waals surface area contributed by atoms with Gasteiger partial charge >= 0.3 is 0 Å². The molecule has 0 fully saturated rings. The third-order valence-electron chi connectivity index (χ3n) is 1.31. The molecular formula is C9H21NO2. The molecule has 0 radical (unpaired) electrons. The predicted molar refractivity (Wildman–Crippen MR) is 50.2 cm³/mol. The van der Waals surface area contributed by atoms with E-state index in [1.807, 2.05) is 0 Å². The van der Waals surface area contributed by atoms with Gasteiger partial charge in [-0.1, -0.05) is 20.8 Å². The van der Waals surface area contributed by atoms with Crippen LogP contribution in [-0.2, 0) is 4.74 Å². The smallest absolute Gasteiger partial charge is 0.0698 e. The summed E-state index contributed by atoms with van der Waals surface area (Å²) in [4.78, 5) is 0. The first-order chi connectivity index (χ1) is 5.56. The van der Waals surface area contributed by atoms with E-state index in [9.17, 15) is 0 Å². The molecule has 0 aromatic carbocycles. The molecule has 0 atom stereocenters. The first-order valence-corrected chi connectivity index (χ1v) is 4.45. The Bertz CT molecular complexity index is 99.2. The Hall–Kier alpha value is -0.120. The molecule has 0 saturated heterocycles. The van der Waals surface area contributed by atoms with Crippen LogP contribution in [0.2, 0.25) is 0 Å². The fraction of sp³-hybridized carbons (Fsp3) is 1.00. The van der Waals surface area contributed by atoms with Crippen molar-refractivity contribution >= 4 is 0 Å². The lowest BCUT2D eigenvalue weighted by Gasteiger charge is -2.18. The maximum absolute atomic E-state index is 8.41. The van der Waals surface area contributed by atoms with E-state index in [1.165, 1.54) is 0 Å². The van der Waals surface area contributed by atoms with E-state index in [2.05, 4.69) is 26.1 Å². The summed E-state index contributed by atoms with van der Waals surface area (Å²) in [6.45, 7) is 9.65. The lowest BCUT2D eigenvalue weighted by atomic mass is 9.97. The minimum atomic E-state index is 0.110. The summed E-state index contributed by atoms with van der Waals surface area (Å²) in [6.07, 6.45) is 0. The fourth-order valence-corrected chi connectivity index (χ4v) is 0.774. The van der Waals surface area contributed by atoms with Crippen LogP contribution in [0.25, 0.3) is 0 Å². The van der Waals surface area contributed by atoms with Crippen LogP contribution in [0.15, 0.2) is 0 Å². The maximum atomic E-state index is 8.41. The van der Waals surface area contributed by atoms with Gasteiger partial charge in [-0.2, -0.15) is 0 Å². The lowest BCUT2D eigenvalue weighted by Crippen LogP contribution is -2.29. The zero-order chi connectivity index (χ0) is 9.45. The van der Waals surface area contributed by atoms with Gasteiger partial charge in [0.05, 0.1) is 19.8 Å². The van der Waals surface area contributed by atoms with E-state index in [1.54, 1.807) is 0 Å². The Kier molecular flexibility index (Phi) is 6.34. The molecule has 0 aromatic heterocycles. The second-order valence-corrected chi connectivity index (χ2v) is 4.07. The zero-order valence-corrected chi connectivity index (χ0v) is 8.39. The van der Waals surface area contributed by atoms with Crippen molar-refractivity contribution in [2.24, 2.45) is 5.41 Å². The second-order valence-electron chi connectivity index (χ2n) is 4.07. The van der Waals surface area contributed by atoms with E-state index in [0.717, 1.165) is 13.1 Å². The number of hydrogen-bond donors (Lipinski definition) is 2. The van der Waals surface area contributed by atoms with Gasteiger partial charge in [0.2, 0.25) is 0 Å². The van der Waals surface area contributed by atoms with Crippen molar-refractivity contribution in [1.82, 2.24) is 5.32 Å². The van der Waals surface area contributed by atoms with Gasteiger partial charge in [-0.15, -0.1) is 0 Å². The van der Waals surface area contributed by atoms with Crippen LogP contribution < -0.4 is 5.32 Å². The molecule has 0 rings (SSSR count). The van der Waals surface area contributed by atoms with Crippen molar-refractivity contribution in [2.45, 2.75) is 20.8 Å². The normalized spacial score (nSPS) is 12.0. The van der Waals surface area contributed by atoms with E-state index in [4.69, 9.17) is 9.84 Å². The summed E-state index contributed by atoms with van der Waals surface area (Å²) in [5.41, 5.74) is 0.330. The summed E-state index contributed by atoms with van der Waals surface area (Å²) < 4.78 is 5.09. The van der Waals surface area contributed by atoms with Crippen LogP contribution in [0.5, 0.6) is 0 Å². The zero-order valence-electron chi connectivity index (χ0n) is 8.39. The molecule has 3 heteroatoms. The number of nitrogens with one attached hydrogen (secondary N) is 1. The summed E-state index contributed by atoms with van der Waals surface area (Å²) in [6, 6.07) is 0. The molecule has 0 saturated carbocycles. The minimum absolute atomic E-state index is 0.110. The van der Waals surface area contributed by atoms with Crippen LogP contribution in [0.3, 0.4) is 0 Å². The van der Waals surface area contributed by atoms with Gasteiger partial charge in [0.1, 0.15) is 0 Å². The molecular weight excluding hydrogens is 154 g/mol. The van der Waals surface area contributed by atoms with Crippen LogP contribution in [0.1, 0.15) is 20.8 Å². The van der Waals surface area contributed by atoms with E-state index in [0.29, 0.717) is 18.6 Å². The van der Waals surface area contributed by atoms with Crippen molar-refractivity contribution in [3.8, 4) is 0 Å². The highest BCUT2D eigenvalue weighted by atomic mass is 16.5. The summed E-state index contributed by atoms with van der Waals surface area (Å²) in [5.74, 6) is 0. The minimum Gasteiger partial charge on any atom is -0.394 e. The van der Waals surface area contributed by atoms with E-state index >= 15 is 0 Å². The van der Waals surface area contributed by atoms with Crippen molar-refractivity contribution in [3.05, 3.63) is 0 Å². The van der Waals surface area contributed by atoms with Crippen molar-refractivity contribution in [3.63, 3.8) is 0 Å². The Morgan fingerprint density at radius 1 is 1.25 bits per heavy atom. The van der Waals surface area contributed by atoms with E-state index < -0.39 is 0 Å². The highest BCUT2D eigenvalue weighted by Gasteiger charge is 2.07. The van der Waals surface area contributed by atoms with E-state index in [-0.39, 0.29) is 6.61 Å².